The molecule has 2 rings (SSSR count). The van der Waals surface area contributed by atoms with Crippen molar-refractivity contribution in [3.05, 3.63) is 52.9 Å². The minimum atomic E-state index is -0.368. The van der Waals surface area contributed by atoms with Gasteiger partial charge in [-0.2, -0.15) is 0 Å². The fraction of sp³-hybridized carbons (Fsp3) is 0.0833. The Kier molecular flexibility index (Phi) is 3.17. The molecular weight excluding hydrogens is 227 g/mol. The maximum absolute atomic E-state index is 13.1. The summed E-state index contributed by atoms with van der Waals surface area (Å²) in [5, 5.41) is 0.361. The molecule has 2 aromatic rings. The zero-order chi connectivity index (χ0) is 11.5. The molecule has 1 heterocycles. The predicted octanol–water partition coefficient (Wildman–Crippen LogP) is 3.00. The lowest BCUT2D eigenvalue weighted by Crippen LogP contribution is -1.96. The Hall–Kier alpha value is -1.45. The van der Waals surface area contributed by atoms with Gasteiger partial charge in [-0.25, -0.2) is 4.39 Å². The molecule has 0 amide bonds. The Morgan fingerprint density at radius 3 is 2.62 bits per heavy atom. The van der Waals surface area contributed by atoms with Crippen molar-refractivity contribution in [1.82, 2.24) is 4.98 Å². The Morgan fingerprint density at radius 1 is 1.25 bits per heavy atom. The first-order chi connectivity index (χ1) is 7.69. The van der Waals surface area contributed by atoms with E-state index in [-0.39, 0.29) is 5.82 Å². The molecule has 0 aliphatic rings. The zero-order valence-electron chi connectivity index (χ0n) is 8.45. The Labute approximate surface area is 97.9 Å². The van der Waals surface area contributed by atoms with Crippen LogP contribution in [0.15, 0.2) is 36.5 Å². The second-order valence-electron chi connectivity index (χ2n) is 3.41. The number of halogens is 2. The number of hydrogen-bond donors (Lipinski definition) is 1. The van der Waals surface area contributed by atoms with E-state index in [1.54, 1.807) is 18.3 Å². The van der Waals surface area contributed by atoms with Crippen LogP contribution < -0.4 is 5.73 Å². The van der Waals surface area contributed by atoms with Crippen LogP contribution in [-0.2, 0) is 6.54 Å². The van der Waals surface area contributed by atoms with E-state index in [4.69, 9.17) is 17.3 Å². The van der Waals surface area contributed by atoms with E-state index in [0.717, 1.165) is 5.56 Å². The summed E-state index contributed by atoms with van der Waals surface area (Å²) in [5.41, 5.74) is 7.74. The standard InChI is InChI=1S/C12H10ClFN2/c13-10-3-9(4-11(14)5-10)12-2-1-8(6-15)7-16-12/h1-5,7H,6,15H2. The highest BCUT2D eigenvalue weighted by Crippen LogP contribution is 2.22. The van der Waals surface area contributed by atoms with Crippen molar-refractivity contribution >= 4 is 11.6 Å². The van der Waals surface area contributed by atoms with Gasteiger partial charge >= 0.3 is 0 Å². The van der Waals surface area contributed by atoms with Gasteiger partial charge in [-0.3, -0.25) is 4.98 Å². The van der Waals surface area contributed by atoms with Crippen molar-refractivity contribution in [2.75, 3.05) is 0 Å². The summed E-state index contributed by atoms with van der Waals surface area (Å²) < 4.78 is 13.1. The first-order valence-corrected chi connectivity index (χ1v) is 5.18. The number of benzene rings is 1. The number of nitrogens with zero attached hydrogens (tertiary/aromatic N) is 1. The highest BCUT2D eigenvalue weighted by Gasteiger charge is 2.03. The lowest BCUT2D eigenvalue weighted by Gasteiger charge is -2.03. The first-order valence-electron chi connectivity index (χ1n) is 4.80. The van der Waals surface area contributed by atoms with Gasteiger partial charge in [0.25, 0.3) is 0 Å². The van der Waals surface area contributed by atoms with Crippen molar-refractivity contribution in [2.24, 2.45) is 5.73 Å². The Balaban J connectivity index is 2.42. The molecule has 4 heteroatoms. The fourth-order valence-corrected chi connectivity index (χ4v) is 1.64. The average molecular weight is 237 g/mol. The lowest BCUT2D eigenvalue weighted by molar-refractivity contribution is 0.628. The second kappa shape index (κ2) is 4.60. The molecule has 0 saturated carbocycles. The average Bonchev–Trinajstić information content (AvgIpc) is 2.28. The van der Waals surface area contributed by atoms with Gasteiger partial charge < -0.3 is 5.73 Å². The molecule has 2 nitrogen and oxygen atoms in total. The van der Waals surface area contributed by atoms with Gasteiger partial charge in [0.2, 0.25) is 0 Å². The molecule has 0 spiro atoms. The molecule has 1 aromatic carbocycles. The van der Waals surface area contributed by atoms with E-state index in [1.165, 1.54) is 12.1 Å². The van der Waals surface area contributed by atoms with Gasteiger partial charge in [0.05, 0.1) is 5.69 Å². The lowest BCUT2D eigenvalue weighted by atomic mass is 10.1. The minimum absolute atomic E-state index is 0.361. The fourth-order valence-electron chi connectivity index (χ4n) is 1.42. The van der Waals surface area contributed by atoms with Crippen molar-refractivity contribution in [3.8, 4) is 11.3 Å². The molecule has 0 unspecified atom stereocenters. The minimum Gasteiger partial charge on any atom is -0.326 e. The summed E-state index contributed by atoms with van der Waals surface area (Å²) in [6.07, 6.45) is 1.67. The van der Waals surface area contributed by atoms with E-state index in [9.17, 15) is 4.39 Å². The summed E-state index contributed by atoms with van der Waals surface area (Å²) in [6, 6.07) is 8.00. The summed E-state index contributed by atoms with van der Waals surface area (Å²) in [4.78, 5) is 4.20. The normalized spacial score (nSPS) is 10.4. The maximum atomic E-state index is 13.1. The van der Waals surface area contributed by atoms with Gasteiger partial charge in [0, 0.05) is 23.3 Å². The van der Waals surface area contributed by atoms with Crippen LogP contribution in [-0.4, -0.2) is 4.98 Å². The quantitative estimate of drug-likeness (QED) is 0.871. The molecule has 2 N–H and O–H groups in total. The summed E-state index contributed by atoms with van der Waals surface area (Å²) in [5.74, 6) is -0.368. The van der Waals surface area contributed by atoms with Crippen molar-refractivity contribution in [1.29, 1.82) is 0 Å². The van der Waals surface area contributed by atoms with E-state index >= 15 is 0 Å². The molecular formula is C12H10ClFN2. The van der Waals surface area contributed by atoms with E-state index < -0.39 is 0 Å². The Bertz CT molecular complexity index is 477. The van der Waals surface area contributed by atoms with Gasteiger partial charge in [-0.1, -0.05) is 17.7 Å². The topological polar surface area (TPSA) is 38.9 Å². The molecule has 16 heavy (non-hydrogen) atoms. The maximum Gasteiger partial charge on any atom is 0.125 e. The van der Waals surface area contributed by atoms with Crippen LogP contribution in [0.4, 0.5) is 4.39 Å². The summed E-state index contributed by atoms with van der Waals surface area (Å²) in [6.45, 7) is 0.442. The second-order valence-corrected chi connectivity index (χ2v) is 3.85. The van der Waals surface area contributed by atoms with Crippen molar-refractivity contribution in [3.63, 3.8) is 0 Å². The van der Waals surface area contributed by atoms with Crippen LogP contribution in [0.1, 0.15) is 5.56 Å². The monoisotopic (exact) mass is 236 g/mol. The summed E-state index contributed by atoms with van der Waals surface area (Å²) >= 11 is 5.77. The predicted molar refractivity (Wildman–Crippen MR) is 62.5 cm³/mol. The van der Waals surface area contributed by atoms with E-state index in [0.29, 0.717) is 22.8 Å². The number of hydrogen-bond acceptors (Lipinski definition) is 2. The third-order valence-corrected chi connectivity index (χ3v) is 2.44. The number of pyridine rings is 1. The number of rotatable bonds is 2. The smallest absolute Gasteiger partial charge is 0.125 e. The highest BCUT2D eigenvalue weighted by atomic mass is 35.5. The van der Waals surface area contributed by atoms with Gasteiger partial charge in [0.1, 0.15) is 5.82 Å². The molecule has 1 aromatic heterocycles. The van der Waals surface area contributed by atoms with Crippen molar-refractivity contribution in [2.45, 2.75) is 6.54 Å². The third-order valence-electron chi connectivity index (χ3n) is 2.22. The van der Waals surface area contributed by atoms with E-state index in [2.05, 4.69) is 4.98 Å². The Morgan fingerprint density at radius 2 is 2.06 bits per heavy atom. The van der Waals surface area contributed by atoms with Crippen LogP contribution in [0.2, 0.25) is 5.02 Å². The molecule has 0 bridgehead atoms. The number of aromatic nitrogens is 1. The van der Waals surface area contributed by atoms with Crippen LogP contribution in [0.3, 0.4) is 0 Å². The SMILES string of the molecule is NCc1ccc(-c2cc(F)cc(Cl)c2)nc1. The molecule has 0 aliphatic carbocycles. The van der Waals surface area contributed by atoms with Crippen LogP contribution >= 0.6 is 11.6 Å². The molecule has 0 saturated heterocycles. The van der Waals surface area contributed by atoms with Crippen LogP contribution in [0.25, 0.3) is 11.3 Å². The first kappa shape index (κ1) is 11.0. The number of nitrogens with two attached hydrogens (primary N) is 1. The van der Waals surface area contributed by atoms with Gasteiger partial charge in [-0.05, 0) is 29.8 Å². The third kappa shape index (κ3) is 2.38. The van der Waals surface area contributed by atoms with Crippen LogP contribution in [0.5, 0.6) is 0 Å². The molecule has 0 radical (unpaired) electrons. The van der Waals surface area contributed by atoms with Crippen molar-refractivity contribution < 1.29 is 4.39 Å². The largest absolute Gasteiger partial charge is 0.326 e. The van der Waals surface area contributed by atoms with Crippen LogP contribution in [0, 0.1) is 5.82 Å². The van der Waals surface area contributed by atoms with Gasteiger partial charge in [0.15, 0.2) is 0 Å². The summed E-state index contributed by atoms with van der Waals surface area (Å²) in [7, 11) is 0. The highest BCUT2D eigenvalue weighted by molar-refractivity contribution is 6.30. The molecule has 0 fully saturated rings. The van der Waals surface area contributed by atoms with Gasteiger partial charge in [-0.15, -0.1) is 0 Å². The van der Waals surface area contributed by atoms with E-state index in [1.807, 2.05) is 6.07 Å². The molecule has 0 atom stereocenters. The zero-order valence-corrected chi connectivity index (χ0v) is 9.21. The molecule has 0 aliphatic heterocycles. The molecule has 82 valence electrons.